The average molecular weight is 693 g/mol. The van der Waals surface area contributed by atoms with Gasteiger partial charge in [-0.2, -0.15) is 0 Å². The van der Waals surface area contributed by atoms with Gasteiger partial charge in [-0.3, -0.25) is 0 Å². The van der Waals surface area contributed by atoms with Crippen LogP contribution in [-0.4, -0.2) is 7.28 Å². The number of anilines is 2. The zero-order valence-electron chi connectivity index (χ0n) is 33.0. The molecular formula is C50H53BN2. The van der Waals surface area contributed by atoms with Crippen molar-refractivity contribution in [2.45, 2.75) is 104 Å². The van der Waals surface area contributed by atoms with Crippen molar-refractivity contribution in [1.82, 2.24) is 0 Å². The second-order valence-corrected chi connectivity index (χ2v) is 18.3. The van der Waals surface area contributed by atoms with Crippen LogP contribution in [0.5, 0.6) is 0 Å². The van der Waals surface area contributed by atoms with E-state index in [4.69, 9.17) is 0 Å². The number of hydrogen-bond acceptors (Lipinski definition) is 2. The van der Waals surface area contributed by atoms with Crippen LogP contribution in [0.1, 0.15) is 113 Å². The SMILES string of the molecule is CC1=CC=C(Nc2ccc3c(c2-c2cc(C)cc4c2BC2=C\Nc5ccccc5C(C)(C)/C4=C/C=C\2)Cc2cc4c(cc2-3)C(C)(C)CCC4(C)C)CC1. The molecule has 6 aliphatic rings. The van der Waals surface area contributed by atoms with Gasteiger partial charge in [0.15, 0.2) is 7.28 Å². The van der Waals surface area contributed by atoms with Crippen LogP contribution in [0.25, 0.3) is 27.8 Å². The number of nitrogens with one attached hydrogen (secondary N) is 2. The van der Waals surface area contributed by atoms with E-state index in [0.29, 0.717) is 0 Å². The first-order valence-electron chi connectivity index (χ1n) is 19.9. The van der Waals surface area contributed by atoms with E-state index in [1.807, 2.05) is 0 Å². The van der Waals surface area contributed by atoms with E-state index in [-0.39, 0.29) is 16.2 Å². The number of para-hydroxylation sites is 1. The first-order valence-corrected chi connectivity index (χ1v) is 19.9. The molecule has 0 saturated carbocycles. The molecule has 0 radical (unpaired) electrons. The molecule has 0 fully saturated rings. The summed E-state index contributed by atoms with van der Waals surface area (Å²) in [5, 5.41) is 7.77. The van der Waals surface area contributed by atoms with Gasteiger partial charge in [-0.1, -0.05) is 131 Å². The Morgan fingerprint density at radius 3 is 2.25 bits per heavy atom. The van der Waals surface area contributed by atoms with Gasteiger partial charge < -0.3 is 10.6 Å². The third-order valence-electron chi connectivity index (χ3n) is 13.3. The normalized spacial score (nSPS) is 22.3. The standard InChI is InChI=1S/C50H53BN2/c1-30-16-18-34(19-17-30)53-45-21-20-35-36-28-43-42(48(3,4)22-23-49(43,5)6)27-32(36)26-37(35)46(45)39-25-31(2)24-38-40-14-11-12-33(51-47(38)39)29-52-44-15-10-9-13-41(44)50(40,7)8/h9-16,18,20-21,24-25,27-29,51-53H,17,19,22-23,26H2,1-8H3/b12-11-,33-29-,40-14+. The number of aryl methyl sites for hydroxylation is 1. The molecule has 2 N–H and O–H groups in total. The number of allylic oxidation sites excluding steroid dienone is 9. The van der Waals surface area contributed by atoms with Gasteiger partial charge in [0.05, 0.1) is 0 Å². The van der Waals surface area contributed by atoms with Gasteiger partial charge in [-0.15, -0.1) is 0 Å². The minimum Gasteiger partial charge on any atom is -0.362 e. The van der Waals surface area contributed by atoms with Crippen molar-refractivity contribution in [2.24, 2.45) is 0 Å². The molecule has 53 heavy (non-hydrogen) atoms. The molecule has 4 aromatic rings. The topological polar surface area (TPSA) is 24.1 Å². The van der Waals surface area contributed by atoms with Crippen molar-refractivity contribution in [1.29, 1.82) is 0 Å². The van der Waals surface area contributed by atoms with E-state index in [1.54, 1.807) is 11.1 Å². The maximum absolute atomic E-state index is 4.02. The van der Waals surface area contributed by atoms with Crippen LogP contribution < -0.4 is 16.1 Å². The second kappa shape index (κ2) is 12.1. The summed E-state index contributed by atoms with van der Waals surface area (Å²) in [6, 6.07) is 23.8. The predicted molar refractivity (Wildman–Crippen MR) is 230 cm³/mol. The maximum Gasteiger partial charge on any atom is 0.195 e. The molecule has 2 nitrogen and oxygen atoms in total. The fraction of sp³-hybridized carbons (Fsp3) is 0.320. The van der Waals surface area contributed by atoms with Gasteiger partial charge in [0.2, 0.25) is 0 Å². The van der Waals surface area contributed by atoms with Gasteiger partial charge in [0, 0.05) is 28.1 Å². The van der Waals surface area contributed by atoms with Crippen LogP contribution in [0.3, 0.4) is 0 Å². The first-order chi connectivity index (χ1) is 25.3. The molecular weight excluding hydrogens is 639 g/mol. The minimum absolute atomic E-state index is 0.169. The molecule has 266 valence electrons. The lowest BCUT2D eigenvalue weighted by Crippen LogP contribution is -2.34. The Balaban J connectivity index is 1.30. The van der Waals surface area contributed by atoms with Crippen LogP contribution in [-0.2, 0) is 22.7 Å². The van der Waals surface area contributed by atoms with E-state index in [1.165, 1.54) is 102 Å². The molecule has 0 saturated heterocycles. The number of fused-ring (bicyclic) bond motifs is 6. The summed E-state index contributed by atoms with van der Waals surface area (Å²) in [5.74, 6) is 0. The van der Waals surface area contributed by atoms with Gasteiger partial charge in [0.25, 0.3) is 0 Å². The largest absolute Gasteiger partial charge is 0.362 e. The number of benzene rings is 4. The lowest BCUT2D eigenvalue weighted by atomic mass is 9.56. The van der Waals surface area contributed by atoms with Crippen molar-refractivity contribution in [3.63, 3.8) is 0 Å². The third kappa shape index (κ3) is 5.61. The fourth-order valence-corrected chi connectivity index (χ4v) is 9.96. The lowest BCUT2D eigenvalue weighted by Gasteiger charge is -2.42. The van der Waals surface area contributed by atoms with Gasteiger partial charge in [0.1, 0.15) is 0 Å². The number of hydrogen-bond donors (Lipinski definition) is 2. The molecule has 3 aliphatic carbocycles. The summed E-state index contributed by atoms with van der Waals surface area (Å²) in [4.78, 5) is 0. The summed E-state index contributed by atoms with van der Waals surface area (Å²) >= 11 is 0. The summed E-state index contributed by atoms with van der Waals surface area (Å²) in [7, 11) is 0.849. The highest BCUT2D eigenvalue weighted by atomic mass is 14.9. The van der Waals surface area contributed by atoms with E-state index >= 15 is 0 Å². The van der Waals surface area contributed by atoms with Crippen molar-refractivity contribution >= 4 is 29.7 Å². The zero-order valence-corrected chi connectivity index (χ0v) is 33.0. The highest BCUT2D eigenvalue weighted by Gasteiger charge is 2.40. The Bertz CT molecular complexity index is 2390. The molecule has 0 atom stereocenters. The molecule has 0 spiro atoms. The Morgan fingerprint density at radius 1 is 0.717 bits per heavy atom. The highest BCUT2D eigenvalue weighted by molar-refractivity contribution is 6.65. The van der Waals surface area contributed by atoms with Crippen LogP contribution in [0.2, 0.25) is 0 Å². The van der Waals surface area contributed by atoms with Crippen molar-refractivity contribution in [2.75, 3.05) is 10.6 Å². The summed E-state index contributed by atoms with van der Waals surface area (Å²) < 4.78 is 0. The third-order valence-corrected chi connectivity index (χ3v) is 13.3. The van der Waals surface area contributed by atoms with Crippen LogP contribution >= 0.6 is 0 Å². The molecule has 10 rings (SSSR count). The van der Waals surface area contributed by atoms with Crippen LogP contribution in [0, 0.1) is 6.92 Å². The fourth-order valence-electron chi connectivity index (χ4n) is 9.96. The second-order valence-electron chi connectivity index (χ2n) is 18.3. The quantitative estimate of drug-likeness (QED) is 0.184. The van der Waals surface area contributed by atoms with E-state index in [2.05, 4.69) is 163 Å². The Labute approximate surface area is 318 Å². The molecule has 3 aliphatic heterocycles. The molecule has 3 heterocycles. The summed E-state index contributed by atoms with van der Waals surface area (Å²) in [6.45, 7) is 19.1. The average Bonchev–Trinajstić information content (AvgIpc) is 3.48. The Kier molecular flexibility index (Phi) is 7.79. The molecule has 0 aromatic heterocycles. The van der Waals surface area contributed by atoms with E-state index in [9.17, 15) is 0 Å². The predicted octanol–water partition coefficient (Wildman–Crippen LogP) is 11.9. The molecule has 2 bridgehead atoms. The van der Waals surface area contributed by atoms with Gasteiger partial charge in [-0.25, -0.2) is 0 Å². The molecule has 3 heteroatoms. The van der Waals surface area contributed by atoms with Crippen molar-refractivity contribution < 1.29 is 0 Å². The maximum atomic E-state index is 4.02. The summed E-state index contributed by atoms with van der Waals surface area (Å²) in [6.07, 6.45) is 19.3. The molecule has 0 amide bonds. The van der Waals surface area contributed by atoms with Crippen LogP contribution in [0.4, 0.5) is 11.4 Å². The molecule has 0 unspecified atom stereocenters. The van der Waals surface area contributed by atoms with Gasteiger partial charge >= 0.3 is 0 Å². The molecule has 4 aromatic carbocycles. The Morgan fingerprint density at radius 2 is 1.47 bits per heavy atom. The van der Waals surface area contributed by atoms with Gasteiger partial charge in [-0.05, 0) is 142 Å². The van der Waals surface area contributed by atoms with E-state index < -0.39 is 0 Å². The van der Waals surface area contributed by atoms with Crippen LogP contribution in [0.15, 0.2) is 114 Å². The summed E-state index contributed by atoms with van der Waals surface area (Å²) in [5.41, 5.74) is 24.9. The minimum atomic E-state index is -0.234. The monoisotopic (exact) mass is 692 g/mol. The smallest absolute Gasteiger partial charge is 0.195 e. The zero-order chi connectivity index (χ0) is 36.9. The lowest BCUT2D eigenvalue weighted by molar-refractivity contribution is 0.332. The Hall–Kier alpha value is -4.76. The number of rotatable bonds is 3. The van der Waals surface area contributed by atoms with Crippen molar-refractivity contribution in [3.8, 4) is 22.3 Å². The highest BCUT2D eigenvalue weighted by Crippen LogP contribution is 2.52. The van der Waals surface area contributed by atoms with E-state index in [0.717, 1.165) is 26.5 Å². The first kappa shape index (κ1) is 34.0. The van der Waals surface area contributed by atoms with Crippen molar-refractivity contribution in [3.05, 3.63) is 153 Å².